The first-order chi connectivity index (χ1) is 10.0. The lowest BCUT2D eigenvalue weighted by atomic mass is 10.1. The van der Waals surface area contributed by atoms with Crippen LogP contribution in [0.1, 0.15) is 23.5 Å². The SMILES string of the molecule is COCC(C)CNC(=O)N1CC(n2cc(C(=O)O)nn2)C1. The van der Waals surface area contributed by atoms with Crippen molar-refractivity contribution in [1.29, 1.82) is 0 Å². The first kappa shape index (κ1) is 15.2. The molecule has 0 saturated carbocycles. The number of hydrogen-bond donors (Lipinski definition) is 2. The second-order valence-electron chi connectivity index (χ2n) is 5.19. The summed E-state index contributed by atoms with van der Waals surface area (Å²) in [5.41, 5.74) is -0.0914. The third kappa shape index (κ3) is 3.69. The molecule has 1 unspecified atom stereocenters. The van der Waals surface area contributed by atoms with Crippen LogP contribution in [0.15, 0.2) is 6.20 Å². The largest absolute Gasteiger partial charge is 0.476 e. The molecule has 0 bridgehead atoms. The van der Waals surface area contributed by atoms with Crippen molar-refractivity contribution >= 4 is 12.0 Å². The zero-order valence-electron chi connectivity index (χ0n) is 12.0. The summed E-state index contributed by atoms with van der Waals surface area (Å²) < 4.78 is 6.49. The van der Waals surface area contributed by atoms with E-state index in [1.54, 1.807) is 12.0 Å². The zero-order chi connectivity index (χ0) is 15.4. The second kappa shape index (κ2) is 6.53. The second-order valence-corrected chi connectivity index (χ2v) is 5.19. The van der Waals surface area contributed by atoms with Crippen LogP contribution in [0.4, 0.5) is 4.79 Å². The van der Waals surface area contributed by atoms with Crippen LogP contribution in [0.2, 0.25) is 0 Å². The fraction of sp³-hybridized carbons (Fsp3) is 0.667. The minimum Gasteiger partial charge on any atom is -0.476 e. The van der Waals surface area contributed by atoms with Gasteiger partial charge in [-0.1, -0.05) is 12.1 Å². The highest BCUT2D eigenvalue weighted by atomic mass is 16.5. The Morgan fingerprint density at radius 2 is 2.29 bits per heavy atom. The van der Waals surface area contributed by atoms with Gasteiger partial charge in [0.15, 0.2) is 5.69 Å². The molecule has 2 heterocycles. The van der Waals surface area contributed by atoms with E-state index in [0.29, 0.717) is 26.2 Å². The molecule has 1 aliphatic heterocycles. The van der Waals surface area contributed by atoms with Crippen LogP contribution >= 0.6 is 0 Å². The predicted molar refractivity (Wildman–Crippen MR) is 72.0 cm³/mol. The summed E-state index contributed by atoms with van der Waals surface area (Å²) >= 11 is 0. The van der Waals surface area contributed by atoms with Gasteiger partial charge in [0, 0.05) is 26.7 Å². The van der Waals surface area contributed by atoms with Gasteiger partial charge >= 0.3 is 12.0 Å². The van der Waals surface area contributed by atoms with Crippen molar-refractivity contribution in [2.75, 3.05) is 33.4 Å². The lowest BCUT2D eigenvalue weighted by Gasteiger charge is -2.38. The van der Waals surface area contributed by atoms with E-state index >= 15 is 0 Å². The summed E-state index contributed by atoms with van der Waals surface area (Å²) in [5.74, 6) is -0.855. The number of likely N-dealkylation sites (tertiary alicyclic amines) is 1. The standard InChI is InChI=1S/C12H19N5O4/c1-8(7-21-2)3-13-12(20)16-4-9(5-16)17-6-10(11(18)19)14-15-17/h6,8-9H,3-5,7H2,1-2H3,(H,13,20)(H,18,19). The molecule has 2 amide bonds. The number of carboxylic acids is 1. The molecule has 1 aliphatic rings. The summed E-state index contributed by atoms with van der Waals surface area (Å²) in [6.45, 7) is 4.13. The van der Waals surface area contributed by atoms with Crippen molar-refractivity contribution in [1.82, 2.24) is 25.2 Å². The van der Waals surface area contributed by atoms with E-state index in [-0.39, 0.29) is 23.7 Å². The summed E-state index contributed by atoms with van der Waals surface area (Å²) in [4.78, 5) is 24.2. The maximum absolute atomic E-state index is 11.9. The number of nitrogens with one attached hydrogen (secondary N) is 1. The van der Waals surface area contributed by atoms with E-state index in [0.717, 1.165) is 0 Å². The number of aromatic nitrogens is 3. The van der Waals surface area contributed by atoms with Crippen LogP contribution < -0.4 is 5.32 Å². The summed E-state index contributed by atoms with van der Waals surface area (Å²) in [6.07, 6.45) is 1.38. The Labute approximate surface area is 121 Å². The molecule has 1 fully saturated rings. The Balaban J connectivity index is 1.75. The first-order valence-electron chi connectivity index (χ1n) is 6.68. The third-order valence-electron chi connectivity index (χ3n) is 3.31. The molecule has 9 nitrogen and oxygen atoms in total. The number of rotatable bonds is 6. The number of carbonyl (C=O) groups is 2. The third-order valence-corrected chi connectivity index (χ3v) is 3.31. The Hall–Kier alpha value is -2.16. The fourth-order valence-corrected chi connectivity index (χ4v) is 2.06. The quantitative estimate of drug-likeness (QED) is 0.754. The Morgan fingerprint density at radius 1 is 1.57 bits per heavy atom. The molecule has 1 aromatic rings. The number of hydrogen-bond acceptors (Lipinski definition) is 5. The Bertz CT molecular complexity index is 512. The maximum Gasteiger partial charge on any atom is 0.358 e. The van der Waals surface area contributed by atoms with Crippen LogP contribution in [-0.2, 0) is 4.74 Å². The van der Waals surface area contributed by atoms with Crippen molar-refractivity contribution < 1.29 is 19.4 Å². The topological polar surface area (TPSA) is 110 Å². The molecule has 1 saturated heterocycles. The fourth-order valence-electron chi connectivity index (χ4n) is 2.06. The molecule has 0 radical (unpaired) electrons. The molecule has 1 aromatic heterocycles. The average molecular weight is 297 g/mol. The number of ether oxygens (including phenoxy) is 1. The molecule has 116 valence electrons. The van der Waals surface area contributed by atoms with Crippen LogP contribution in [0, 0.1) is 5.92 Å². The van der Waals surface area contributed by atoms with Crippen LogP contribution in [0.3, 0.4) is 0 Å². The molecule has 2 N–H and O–H groups in total. The van der Waals surface area contributed by atoms with Crippen LogP contribution in [0.5, 0.6) is 0 Å². The van der Waals surface area contributed by atoms with Crippen molar-refractivity contribution in [2.24, 2.45) is 5.92 Å². The van der Waals surface area contributed by atoms with E-state index in [2.05, 4.69) is 15.6 Å². The van der Waals surface area contributed by atoms with Gasteiger partial charge in [-0.2, -0.15) is 0 Å². The number of methoxy groups -OCH3 is 1. The monoisotopic (exact) mass is 297 g/mol. The molecular formula is C12H19N5O4. The smallest absolute Gasteiger partial charge is 0.358 e. The number of carbonyl (C=O) groups excluding carboxylic acids is 1. The van der Waals surface area contributed by atoms with E-state index in [1.807, 2.05) is 6.92 Å². The molecule has 1 atom stereocenters. The lowest BCUT2D eigenvalue weighted by molar-refractivity contribution is 0.0690. The number of urea groups is 1. The van der Waals surface area contributed by atoms with Gasteiger partial charge in [-0.05, 0) is 5.92 Å². The van der Waals surface area contributed by atoms with Crippen LogP contribution in [0.25, 0.3) is 0 Å². The highest BCUT2D eigenvalue weighted by molar-refractivity contribution is 5.84. The highest BCUT2D eigenvalue weighted by Gasteiger charge is 2.33. The Morgan fingerprint density at radius 3 is 2.86 bits per heavy atom. The molecule has 9 heteroatoms. The van der Waals surface area contributed by atoms with Gasteiger partial charge < -0.3 is 20.1 Å². The molecule has 2 rings (SSSR count). The van der Waals surface area contributed by atoms with Crippen molar-refractivity contribution in [3.8, 4) is 0 Å². The van der Waals surface area contributed by atoms with Gasteiger partial charge in [-0.3, -0.25) is 0 Å². The van der Waals surface area contributed by atoms with Gasteiger partial charge in [0.2, 0.25) is 0 Å². The number of aromatic carboxylic acids is 1. The molecule has 0 aliphatic carbocycles. The molecule has 21 heavy (non-hydrogen) atoms. The Kier molecular flexibility index (Phi) is 4.73. The predicted octanol–water partition coefficient (Wildman–Crippen LogP) is -0.175. The van der Waals surface area contributed by atoms with Crippen molar-refractivity contribution in [3.63, 3.8) is 0 Å². The van der Waals surface area contributed by atoms with Crippen molar-refractivity contribution in [3.05, 3.63) is 11.9 Å². The lowest BCUT2D eigenvalue weighted by Crippen LogP contribution is -2.55. The maximum atomic E-state index is 11.9. The van der Waals surface area contributed by atoms with Gasteiger partial charge in [-0.25, -0.2) is 14.3 Å². The van der Waals surface area contributed by atoms with Gasteiger partial charge in [0.05, 0.1) is 18.8 Å². The number of nitrogens with zero attached hydrogens (tertiary/aromatic N) is 4. The van der Waals surface area contributed by atoms with E-state index in [1.165, 1.54) is 10.9 Å². The van der Waals surface area contributed by atoms with E-state index < -0.39 is 5.97 Å². The normalized spacial score (nSPS) is 16.4. The number of amides is 2. The summed E-state index contributed by atoms with van der Waals surface area (Å²) in [6, 6.07) is -0.152. The molecule has 0 aromatic carbocycles. The number of carboxylic acid groups (broad SMARTS) is 1. The van der Waals surface area contributed by atoms with Gasteiger partial charge in [-0.15, -0.1) is 5.10 Å². The van der Waals surface area contributed by atoms with Crippen LogP contribution in [-0.4, -0.2) is 70.4 Å². The zero-order valence-corrected chi connectivity index (χ0v) is 12.0. The summed E-state index contributed by atoms with van der Waals surface area (Å²) in [5, 5.41) is 18.9. The van der Waals surface area contributed by atoms with Gasteiger partial charge in [0.1, 0.15) is 0 Å². The summed E-state index contributed by atoms with van der Waals surface area (Å²) in [7, 11) is 1.63. The van der Waals surface area contributed by atoms with E-state index in [4.69, 9.17) is 9.84 Å². The molecule has 0 spiro atoms. The van der Waals surface area contributed by atoms with E-state index in [9.17, 15) is 9.59 Å². The minimum absolute atomic E-state index is 0.0206. The first-order valence-corrected chi connectivity index (χ1v) is 6.68. The average Bonchev–Trinajstić information content (AvgIpc) is 2.84. The minimum atomic E-state index is -1.11. The van der Waals surface area contributed by atoms with Gasteiger partial charge in [0.25, 0.3) is 0 Å². The van der Waals surface area contributed by atoms with Crippen molar-refractivity contribution in [2.45, 2.75) is 13.0 Å². The molecular weight excluding hydrogens is 278 g/mol. The highest BCUT2D eigenvalue weighted by Crippen LogP contribution is 2.20.